The normalized spacial score (nSPS) is 11.4. The molecule has 8 heteroatoms. The number of carbonyl (C=O) groups is 2. The third kappa shape index (κ3) is 14.7. The van der Waals surface area contributed by atoms with Crippen LogP contribution in [0, 0.1) is 0 Å². The van der Waals surface area contributed by atoms with Crippen LogP contribution in [0.3, 0.4) is 0 Å². The van der Waals surface area contributed by atoms with E-state index in [9.17, 15) is 9.59 Å². The van der Waals surface area contributed by atoms with Gasteiger partial charge in [0, 0.05) is 25.2 Å². The first kappa shape index (κ1) is 32.8. The maximum atomic E-state index is 12.4. The third-order valence-corrected chi connectivity index (χ3v) is 5.69. The number of benzene rings is 2. The summed E-state index contributed by atoms with van der Waals surface area (Å²) in [6.07, 6.45) is 3.58. The molecule has 0 aliphatic heterocycles. The fourth-order valence-corrected chi connectivity index (χ4v) is 3.51. The van der Waals surface area contributed by atoms with Crippen LogP contribution >= 0.6 is 0 Å². The minimum absolute atomic E-state index is 0.244. The van der Waals surface area contributed by atoms with Gasteiger partial charge in [-0.25, -0.2) is 4.79 Å². The molecule has 0 amide bonds. The van der Waals surface area contributed by atoms with Crippen molar-refractivity contribution in [1.82, 2.24) is 0 Å². The first-order chi connectivity index (χ1) is 19.5. The molecule has 0 aliphatic carbocycles. The number of esters is 2. The minimum atomic E-state index is -0.476. The molecule has 0 aromatic heterocycles. The van der Waals surface area contributed by atoms with Crippen molar-refractivity contribution in [2.24, 2.45) is 0 Å². The van der Waals surface area contributed by atoms with Crippen LogP contribution in [0.4, 0.5) is 0 Å². The molecule has 0 aliphatic rings. The highest BCUT2D eigenvalue weighted by molar-refractivity contribution is 5.86. The molecule has 2 rings (SSSR count). The molecular formula is C32H44O8. The summed E-state index contributed by atoms with van der Waals surface area (Å²) in [6.45, 7) is 10.6. The Kier molecular flexibility index (Phi) is 16.9. The van der Waals surface area contributed by atoms with Crippen LogP contribution in [0.2, 0.25) is 0 Å². The molecular weight excluding hydrogens is 512 g/mol. The lowest BCUT2D eigenvalue weighted by molar-refractivity contribution is -0.153. The summed E-state index contributed by atoms with van der Waals surface area (Å²) in [4.78, 5) is 23.8. The van der Waals surface area contributed by atoms with Gasteiger partial charge in [0.05, 0.1) is 26.4 Å². The van der Waals surface area contributed by atoms with Crippen molar-refractivity contribution < 1.29 is 38.0 Å². The molecule has 0 N–H and O–H groups in total. The monoisotopic (exact) mass is 556 g/mol. The number of carbonyl (C=O) groups excluding carboxylic acids is 2. The second kappa shape index (κ2) is 20.5. The molecule has 8 nitrogen and oxygen atoms in total. The van der Waals surface area contributed by atoms with E-state index in [2.05, 4.69) is 13.5 Å². The van der Waals surface area contributed by atoms with E-state index in [1.54, 1.807) is 6.92 Å². The van der Waals surface area contributed by atoms with E-state index >= 15 is 0 Å². The average molecular weight is 557 g/mol. The summed E-state index contributed by atoms with van der Waals surface area (Å²) in [6, 6.07) is 17.2. The lowest BCUT2D eigenvalue weighted by atomic mass is 10.1. The Morgan fingerprint density at radius 1 is 0.750 bits per heavy atom. The van der Waals surface area contributed by atoms with Crippen LogP contribution in [0.5, 0.6) is 11.5 Å². The molecule has 40 heavy (non-hydrogen) atoms. The van der Waals surface area contributed by atoms with E-state index in [1.165, 1.54) is 0 Å². The topological polar surface area (TPSA) is 89.5 Å². The fourth-order valence-electron chi connectivity index (χ4n) is 3.51. The first-order valence-corrected chi connectivity index (χ1v) is 14.1. The van der Waals surface area contributed by atoms with Gasteiger partial charge < -0.3 is 28.4 Å². The highest BCUT2D eigenvalue weighted by atomic mass is 16.6. The second-order valence-corrected chi connectivity index (χ2v) is 9.33. The third-order valence-electron chi connectivity index (χ3n) is 5.69. The highest BCUT2D eigenvalue weighted by Gasteiger charge is 2.17. The number of unbranched alkanes of at least 4 members (excludes halogenated alkanes) is 2. The van der Waals surface area contributed by atoms with Crippen LogP contribution in [0.25, 0.3) is 0 Å². The molecule has 0 fully saturated rings. The molecule has 0 saturated carbocycles. The minimum Gasteiger partial charge on any atom is -0.494 e. The fraction of sp³-hybridized carbons (Fsp3) is 0.500. The average Bonchev–Trinajstić information content (AvgIpc) is 2.97. The second-order valence-electron chi connectivity index (χ2n) is 9.33. The summed E-state index contributed by atoms with van der Waals surface area (Å²) in [5, 5.41) is 0. The van der Waals surface area contributed by atoms with E-state index in [0.29, 0.717) is 51.4 Å². The van der Waals surface area contributed by atoms with Gasteiger partial charge >= 0.3 is 11.9 Å². The summed E-state index contributed by atoms with van der Waals surface area (Å²) < 4.78 is 33.5. The molecule has 2 aromatic carbocycles. The van der Waals surface area contributed by atoms with Gasteiger partial charge in [0.25, 0.3) is 0 Å². The van der Waals surface area contributed by atoms with E-state index in [0.717, 1.165) is 36.3 Å². The number of hydrogen-bond acceptors (Lipinski definition) is 8. The summed E-state index contributed by atoms with van der Waals surface area (Å²) in [5.41, 5.74) is 1.25. The molecule has 220 valence electrons. The quantitative estimate of drug-likeness (QED) is 0.0956. The molecule has 1 atom stereocenters. The van der Waals surface area contributed by atoms with Crippen molar-refractivity contribution in [2.45, 2.75) is 58.5 Å². The number of hydrogen-bond donors (Lipinski definition) is 0. The Morgan fingerprint density at radius 2 is 1.38 bits per heavy atom. The molecule has 0 bridgehead atoms. The van der Waals surface area contributed by atoms with Crippen molar-refractivity contribution in [3.8, 4) is 11.5 Å². The largest absolute Gasteiger partial charge is 0.494 e. The van der Waals surface area contributed by atoms with E-state index in [4.69, 9.17) is 28.4 Å². The van der Waals surface area contributed by atoms with Crippen LogP contribution < -0.4 is 9.47 Å². The zero-order valence-electron chi connectivity index (χ0n) is 23.9. The van der Waals surface area contributed by atoms with E-state index in [1.807, 2.05) is 54.6 Å². The Labute approximate surface area is 238 Å². The highest BCUT2D eigenvalue weighted by Crippen LogP contribution is 2.20. The maximum Gasteiger partial charge on any atom is 0.333 e. The first-order valence-electron chi connectivity index (χ1n) is 14.1. The Morgan fingerprint density at radius 3 is 2.02 bits per heavy atom. The maximum absolute atomic E-state index is 12.4. The van der Waals surface area contributed by atoms with Crippen molar-refractivity contribution in [1.29, 1.82) is 0 Å². The van der Waals surface area contributed by atoms with Gasteiger partial charge in [-0.1, -0.05) is 43.8 Å². The van der Waals surface area contributed by atoms with Gasteiger partial charge in [-0.15, -0.1) is 0 Å². The predicted molar refractivity (Wildman–Crippen MR) is 153 cm³/mol. The molecule has 2 aromatic rings. The van der Waals surface area contributed by atoms with Crippen molar-refractivity contribution in [3.05, 3.63) is 72.3 Å². The molecule has 0 radical (unpaired) electrons. The van der Waals surface area contributed by atoms with Crippen LogP contribution in [-0.2, 0) is 28.5 Å². The summed E-state index contributed by atoms with van der Waals surface area (Å²) in [5.74, 6) is 0.912. The van der Waals surface area contributed by atoms with Gasteiger partial charge in [0.2, 0.25) is 0 Å². The van der Waals surface area contributed by atoms with Crippen LogP contribution in [0.15, 0.2) is 66.7 Å². The van der Waals surface area contributed by atoms with Crippen molar-refractivity contribution >= 4 is 11.9 Å². The molecule has 1 unspecified atom stereocenters. The lowest BCUT2D eigenvalue weighted by Gasteiger charge is -2.18. The number of rotatable bonds is 22. The van der Waals surface area contributed by atoms with Crippen LogP contribution in [-0.4, -0.2) is 58.2 Å². The summed E-state index contributed by atoms with van der Waals surface area (Å²) in [7, 11) is 0. The summed E-state index contributed by atoms with van der Waals surface area (Å²) >= 11 is 0. The van der Waals surface area contributed by atoms with Gasteiger partial charge in [0.1, 0.15) is 18.1 Å². The Bertz CT molecular complexity index is 974. The van der Waals surface area contributed by atoms with E-state index < -0.39 is 12.1 Å². The Hall–Kier alpha value is -3.36. The zero-order valence-corrected chi connectivity index (χ0v) is 23.9. The molecule has 0 heterocycles. The van der Waals surface area contributed by atoms with E-state index in [-0.39, 0.29) is 25.6 Å². The van der Waals surface area contributed by atoms with Crippen LogP contribution in [0.1, 0.15) is 64.0 Å². The lowest BCUT2D eigenvalue weighted by Crippen LogP contribution is -2.17. The van der Waals surface area contributed by atoms with Crippen molar-refractivity contribution in [2.75, 3.05) is 46.2 Å². The zero-order chi connectivity index (χ0) is 28.8. The molecule has 0 spiro atoms. The van der Waals surface area contributed by atoms with Gasteiger partial charge in [-0.05, 0) is 68.9 Å². The number of ether oxygens (including phenoxy) is 6. The SMILES string of the molecule is C=C(C)C(=O)OCCCCC(=O)OC(COCCCCOCCOc1ccc(OCCC)cc1)c1ccccc1. The van der Waals surface area contributed by atoms with Crippen molar-refractivity contribution in [3.63, 3.8) is 0 Å². The van der Waals surface area contributed by atoms with Gasteiger partial charge in [-0.2, -0.15) is 0 Å². The standard InChI is InChI=1S/C32H44O8/c1-4-19-37-28-15-17-29(18-16-28)38-24-23-35-20-10-11-21-36-25-30(27-12-6-5-7-13-27)40-31(33)14-8-9-22-39-32(34)26(2)3/h5-7,12-13,15-18,30H,2,4,8-11,14,19-25H2,1,3H3. The smallest absolute Gasteiger partial charge is 0.333 e. The van der Waals surface area contributed by atoms with Gasteiger partial charge in [0.15, 0.2) is 6.10 Å². The predicted octanol–water partition coefficient (Wildman–Crippen LogP) is 6.24. The molecule has 0 saturated heterocycles. The Balaban J connectivity index is 1.56. The van der Waals surface area contributed by atoms with Gasteiger partial charge in [-0.3, -0.25) is 4.79 Å².